The number of carbonyl (C=O) groups excluding carboxylic acids is 2. The summed E-state index contributed by atoms with van der Waals surface area (Å²) in [5.41, 5.74) is 0.984. The summed E-state index contributed by atoms with van der Waals surface area (Å²) in [5, 5.41) is 2.48. The van der Waals surface area contributed by atoms with E-state index in [9.17, 15) is 9.59 Å². The highest BCUT2D eigenvalue weighted by molar-refractivity contribution is 6.76. The van der Waals surface area contributed by atoms with Crippen molar-refractivity contribution in [1.82, 2.24) is 0 Å². The SMILES string of the molecule is CC(C)N1C(=O)COc2ccc(NC(=O)C(Cl)(Cl)Cl)cc21. The zero-order valence-electron chi connectivity index (χ0n) is 11.3. The molecule has 0 atom stereocenters. The monoisotopic (exact) mass is 350 g/mol. The molecule has 0 bridgehead atoms. The Balaban J connectivity index is 2.33. The van der Waals surface area contributed by atoms with Crippen molar-refractivity contribution >= 4 is 58.0 Å². The summed E-state index contributed by atoms with van der Waals surface area (Å²) >= 11 is 16.5. The first kappa shape index (κ1) is 16.2. The first-order chi connectivity index (χ1) is 9.70. The lowest BCUT2D eigenvalue weighted by atomic mass is 10.1. The first-order valence-electron chi connectivity index (χ1n) is 6.17. The molecule has 0 fully saturated rings. The topological polar surface area (TPSA) is 58.6 Å². The molecule has 8 heteroatoms. The summed E-state index contributed by atoms with van der Waals surface area (Å²) < 4.78 is 3.31. The average Bonchev–Trinajstić information content (AvgIpc) is 2.36. The van der Waals surface area contributed by atoms with Crippen molar-refractivity contribution < 1.29 is 14.3 Å². The minimum absolute atomic E-state index is 0.00889. The summed E-state index contributed by atoms with van der Waals surface area (Å²) in [4.78, 5) is 25.2. The number of halogens is 3. The maximum atomic E-state index is 11.9. The van der Waals surface area contributed by atoms with Gasteiger partial charge in [0.1, 0.15) is 5.75 Å². The van der Waals surface area contributed by atoms with Crippen molar-refractivity contribution in [3.8, 4) is 5.75 Å². The van der Waals surface area contributed by atoms with Gasteiger partial charge in [-0.3, -0.25) is 9.59 Å². The number of fused-ring (bicyclic) bond motifs is 1. The van der Waals surface area contributed by atoms with Gasteiger partial charge in [0.15, 0.2) is 6.61 Å². The molecule has 1 heterocycles. The van der Waals surface area contributed by atoms with Crippen LogP contribution in [0.1, 0.15) is 13.8 Å². The van der Waals surface area contributed by atoms with Gasteiger partial charge in [-0.2, -0.15) is 0 Å². The molecule has 1 aromatic carbocycles. The number of amides is 2. The number of ether oxygens (including phenoxy) is 1. The second-order valence-corrected chi connectivity index (χ2v) is 7.06. The standard InChI is InChI=1S/C13H13Cl3N2O3/c1-7(2)18-9-5-8(17-12(20)13(14,15)16)3-4-10(9)21-6-11(18)19/h3-5,7H,6H2,1-2H3,(H,17,20). The third-order valence-corrected chi connectivity index (χ3v) is 3.38. The molecule has 0 radical (unpaired) electrons. The fourth-order valence-electron chi connectivity index (χ4n) is 2.02. The van der Waals surface area contributed by atoms with E-state index in [0.29, 0.717) is 17.1 Å². The number of hydrogen-bond acceptors (Lipinski definition) is 3. The van der Waals surface area contributed by atoms with Gasteiger partial charge in [0.05, 0.1) is 5.69 Å². The Morgan fingerprint density at radius 2 is 2.05 bits per heavy atom. The van der Waals surface area contributed by atoms with E-state index in [1.54, 1.807) is 23.1 Å². The molecule has 0 saturated heterocycles. The van der Waals surface area contributed by atoms with E-state index in [2.05, 4.69) is 5.32 Å². The number of nitrogens with one attached hydrogen (secondary N) is 1. The van der Waals surface area contributed by atoms with Crippen molar-refractivity contribution in [2.75, 3.05) is 16.8 Å². The molecule has 21 heavy (non-hydrogen) atoms. The zero-order chi connectivity index (χ0) is 15.8. The number of alkyl halides is 3. The highest BCUT2D eigenvalue weighted by Crippen LogP contribution is 2.36. The Morgan fingerprint density at radius 3 is 2.62 bits per heavy atom. The maximum absolute atomic E-state index is 11.9. The minimum atomic E-state index is -2.06. The quantitative estimate of drug-likeness (QED) is 0.833. The first-order valence-corrected chi connectivity index (χ1v) is 7.30. The lowest BCUT2D eigenvalue weighted by molar-refractivity contribution is -0.121. The van der Waals surface area contributed by atoms with E-state index in [1.165, 1.54) is 0 Å². The van der Waals surface area contributed by atoms with E-state index >= 15 is 0 Å². The average molecular weight is 352 g/mol. The molecule has 0 aliphatic carbocycles. The lowest BCUT2D eigenvalue weighted by Crippen LogP contribution is -2.43. The molecule has 1 aliphatic rings. The molecule has 0 unspecified atom stereocenters. The molecule has 0 saturated carbocycles. The molecule has 0 spiro atoms. The van der Waals surface area contributed by atoms with Gasteiger partial charge in [0.25, 0.3) is 15.6 Å². The van der Waals surface area contributed by atoms with E-state index in [1.807, 2.05) is 13.8 Å². The lowest BCUT2D eigenvalue weighted by Gasteiger charge is -2.32. The third-order valence-electron chi connectivity index (χ3n) is 2.87. The van der Waals surface area contributed by atoms with Crippen LogP contribution >= 0.6 is 34.8 Å². The van der Waals surface area contributed by atoms with Gasteiger partial charge in [0.2, 0.25) is 0 Å². The van der Waals surface area contributed by atoms with Gasteiger partial charge in [0, 0.05) is 11.7 Å². The minimum Gasteiger partial charge on any atom is -0.482 e. The number of rotatable bonds is 2. The summed E-state index contributed by atoms with van der Waals surface area (Å²) in [6.07, 6.45) is 0. The Morgan fingerprint density at radius 1 is 1.38 bits per heavy atom. The van der Waals surface area contributed by atoms with Crippen molar-refractivity contribution in [3.63, 3.8) is 0 Å². The molecule has 2 rings (SSSR count). The molecular weight excluding hydrogens is 339 g/mol. The predicted molar refractivity (Wildman–Crippen MR) is 83.5 cm³/mol. The second-order valence-electron chi connectivity index (χ2n) is 4.78. The van der Waals surface area contributed by atoms with Crippen LogP contribution in [0, 0.1) is 0 Å². The van der Waals surface area contributed by atoms with Crippen LogP contribution in [0.25, 0.3) is 0 Å². The van der Waals surface area contributed by atoms with Crippen LogP contribution in [0.5, 0.6) is 5.75 Å². The number of anilines is 2. The van der Waals surface area contributed by atoms with Crippen LogP contribution in [0.3, 0.4) is 0 Å². The van der Waals surface area contributed by atoms with Gasteiger partial charge in [-0.05, 0) is 32.0 Å². The fraction of sp³-hybridized carbons (Fsp3) is 0.385. The van der Waals surface area contributed by atoms with Gasteiger partial charge in [-0.15, -0.1) is 0 Å². The molecule has 114 valence electrons. The molecule has 1 N–H and O–H groups in total. The molecule has 2 amide bonds. The largest absolute Gasteiger partial charge is 0.482 e. The van der Waals surface area contributed by atoms with Crippen molar-refractivity contribution in [3.05, 3.63) is 18.2 Å². The zero-order valence-corrected chi connectivity index (χ0v) is 13.6. The fourth-order valence-corrected chi connectivity index (χ4v) is 2.16. The third kappa shape index (κ3) is 3.54. The van der Waals surface area contributed by atoms with Crippen molar-refractivity contribution in [1.29, 1.82) is 0 Å². The summed E-state index contributed by atoms with van der Waals surface area (Å²) in [7, 11) is 0. The summed E-state index contributed by atoms with van der Waals surface area (Å²) in [6, 6.07) is 4.84. The van der Waals surface area contributed by atoms with Gasteiger partial charge >= 0.3 is 0 Å². The molecular formula is C13H13Cl3N2O3. The summed E-state index contributed by atoms with van der Waals surface area (Å²) in [5.74, 6) is -0.357. The van der Waals surface area contributed by atoms with Crippen LogP contribution < -0.4 is 15.0 Å². The highest BCUT2D eigenvalue weighted by atomic mass is 35.6. The van der Waals surface area contributed by atoms with Crippen LogP contribution in [-0.4, -0.2) is 28.3 Å². The maximum Gasteiger partial charge on any atom is 0.276 e. The van der Waals surface area contributed by atoms with Crippen LogP contribution in [0.2, 0.25) is 0 Å². The number of carbonyl (C=O) groups is 2. The molecule has 1 aliphatic heterocycles. The predicted octanol–water partition coefficient (Wildman–Crippen LogP) is 3.13. The number of hydrogen-bond donors (Lipinski definition) is 1. The van der Waals surface area contributed by atoms with Crippen molar-refractivity contribution in [2.24, 2.45) is 0 Å². The van der Waals surface area contributed by atoms with Gasteiger partial charge in [-0.25, -0.2) is 0 Å². The Labute approximate surface area is 137 Å². The van der Waals surface area contributed by atoms with Crippen LogP contribution in [0.4, 0.5) is 11.4 Å². The molecule has 5 nitrogen and oxygen atoms in total. The van der Waals surface area contributed by atoms with Gasteiger partial charge in [-0.1, -0.05) is 34.8 Å². The molecule has 0 aromatic heterocycles. The highest BCUT2D eigenvalue weighted by Gasteiger charge is 2.32. The Hall–Kier alpha value is -1.17. The number of nitrogens with zero attached hydrogens (tertiary/aromatic N) is 1. The van der Waals surface area contributed by atoms with Gasteiger partial charge < -0.3 is 15.0 Å². The van der Waals surface area contributed by atoms with Crippen molar-refractivity contribution in [2.45, 2.75) is 23.7 Å². The normalized spacial score (nSPS) is 14.8. The van der Waals surface area contributed by atoms with E-state index in [4.69, 9.17) is 39.5 Å². The Kier molecular flexibility index (Phi) is 4.56. The summed E-state index contributed by atoms with van der Waals surface area (Å²) in [6.45, 7) is 3.77. The smallest absolute Gasteiger partial charge is 0.276 e. The Bertz CT molecular complexity index is 585. The van der Waals surface area contributed by atoms with Crippen LogP contribution in [0.15, 0.2) is 18.2 Å². The van der Waals surface area contributed by atoms with Crippen LogP contribution in [-0.2, 0) is 9.59 Å². The second kappa shape index (κ2) is 5.91. The van der Waals surface area contributed by atoms with E-state index < -0.39 is 9.70 Å². The van der Waals surface area contributed by atoms with E-state index in [-0.39, 0.29) is 18.6 Å². The molecule has 1 aromatic rings. The van der Waals surface area contributed by atoms with E-state index in [0.717, 1.165) is 0 Å². The number of benzene rings is 1.